The highest BCUT2D eigenvalue weighted by Gasteiger charge is 2.61. The first-order valence-corrected chi connectivity index (χ1v) is 14.2. The molecule has 0 aromatic heterocycles. The van der Waals surface area contributed by atoms with E-state index < -0.39 is 12.1 Å². The highest BCUT2D eigenvalue weighted by atomic mass is 19.4. The molecule has 0 radical (unpaired) electrons. The Balaban J connectivity index is 0.00000133. The maximum Gasteiger partial charge on any atom is 0.391 e. The van der Waals surface area contributed by atoms with E-state index in [0.29, 0.717) is 24.2 Å². The number of hydrogen-bond acceptors (Lipinski definition) is 0. The largest absolute Gasteiger partial charge is 0.391 e. The lowest BCUT2D eigenvalue weighted by Gasteiger charge is -2.61. The van der Waals surface area contributed by atoms with Crippen LogP contribution < -0.4 is 0 Å². The fourth-order valence-corrected chi connectivity index (χ4v) is 9.23. The normalized spacial score (nSPS) is 41.5. The molecule has 4 fully saturated rings. The topological polar surface area (TPSA) is 0 Å². The molecule has 3 heteroatoms. The van der Waals surface area contributed by atoms with E-state index in [1.807, 2.05) is 13.8 Å². The summed E-state index contributed by atoms with van der Waals surface area (Å²) in [4.78, 5) is 0. The Bertz CT molecular complexity index is 811. The zero-order valence-corrected chi connectivity index (χ0v) is 22.2. The van der Waals surface area contributed by atoms with Crippen LogP contribution in [0.4, 0.5) is 13.2 Å². The lowest BCUT2D eigenvalue weighted by molar-refractivity contribution is -0.208. The fraction of sp³-hybridized carbons (Fsp3) is 0.806. The minimum Gasteiger partial charge on any atom is -0.171 e. The molecule has 0 saturated heterocycles. The predicted octanol–water partition coefficient (Wildman–Crippen LogP) is 9.79. The smallest absolute Gasteiger partial charge is 0.171 e. The van der Waals surface area contributed by atoms with Crippen molar-refractivity contribution >= 4 is 0 Å². The van der Waals surface area contributed by atoms with Gasteiger partial charge in [-0.2, -0.15) is 13.2 Å². The van der Waals surface area contributed by atoms with Gasteiger partial charge in [0.05, 0.1) is 5.92 Å². The van der Waals surface area contributed by atoms with Gasteiger partial charge in [-0.15, -0.1) is 0 Å². The molecule has 0 N–H and O–H groups in total. The number of alkyl halides is 3. The summed E-state index contributed by atoms with van der Waals surface area (Å²) in [6.45, 7) is 11.1. The second-order valence-electron chi connectivity index (χ2n) is 12.5. The SMILES string of the molecule is CC.Cc1ccc(CCC2CCC3C4CCC5C[C@@H](C(F)(F)F)CC[C@]5(C)C4CCC23C)cc1. The van der Waals surface area contributed by atoms with Gasteiger partial charge in [0.15, 0.2) is 0 Å². The first kappa shape index (κ1) is 26.1. The van der Waals surface area contributed by atoms with E-state index >= 15 is 0 Å². The Kier molecular flexibility index (Phi) is 7.53. The Morgan fingerprint density at radius 2 is 1.47 bits per heavy atom. The monoisotopic (exact) mass is 476 g/mol. The van der Waals surface area contributed by atoms with Crippen LogP contribution in [0.15, 0.2) is 24.3 Å². The van der Waals surface area contributed by atoms with Crippen LogP contribution in [0.2, 0.25) is 0 Å². The molecule has 8 atom stereocenters. The standard InChI is InChI=1S/C29H41F3.C2H6/c1-19-4-6-20(7-5-19)8-9-21-11-13-25-24-12-10-22-18-23(29(30,31)32)14-16-28(22,3)26(24)15-17-27(21,25)2;1-2/h4-7,21-26H,8-18H2,1-3H3;1-2H3/t21?,22?,23-,24?,25?,26?,27?,28-;/m0./s1. The molecule has 4 aliphatic carbocycles. The molecule has 6 unspecified atom stereocenters. The molecule has 4 aliphatic rings. The Hall–Kier alpha value is -0.990. The Morgan fingerprint density at radius 3 is 2.15 bits per heavy atom. The third kappa shape index (κ3) is 4.59. The summed E-state index contributed by atoms with van der Waals surface area (Å²) in [5, 5.41) is 0. The summed E-state index contributed by atoms with van der Waals surface area (Å²) in [7, 11) is 0. The lowest BCUT2D eigenvalue weighted by atomic mass is 9.44. The van der Waals surface area contributed by atoms with E-state index in [1.54, 1.807) is 0 Å². The van der Waals surface area contributed by atoms with Gasteiger partial charge < -0.3 is 0 Å². The number of aryl methyl sites for hydroxylation is 2. The molecule has 192 valence electrons. The highest BCUT2D eigenvalue weighted by molar-refractivity contribution is 5.21. The summed E-state index contributed by atoms with van der Waals surface area (Å²) < 4.78 is 40.3. The van der Waals surface area contributed by atoms with Crippen LogP contribution in [0.1, 0.15) is 103 Å². The molecular formula is C31H47F3. The minimum absolute atomic E-state index is 0.145. The molecule has 5 rings (SSSR count). The third-order valence-corrected chi connectivity index (χ3v) is 11.2. The van der Waals surface area contributed by atoms with Gasteiger partial charge in [0.25, 0.3) is 0 Å². The van der Waals surface area contributed by atoms with Gasteiger partial charge in [-0.1, -0.05) is 57.5 Å². The van der Waals surface area contributed by atoms with Crippen molar-refractivity contribution in [2.45, 2.75) is 111 Å². The van der Waals surface area contributed by atoms with Crippen LogP contribution >= 0.6 is 0 Å². The quantitative estimate of drug-likeness (QED) is 0.407. The van der Waals surface area contributed by atoms with E-state index in [2.05, 4.69) is 45.0 Å². The van der Waals surface area contributed by atoms with Gasteiger partial charge in [0.2, 0.25) is 0 Å². The molecule has 0 spiro atoms. The van der Waals surface area contributed by atoms with Gasteiger partial charge in [-0.25, -0.2) is 0 Å². The van der Waals surface area contributed by atoms with Crippen molar-refractivity contribution in [1.29, 1.82) is 0 Å². The maximum absolute atomic E-state index is 13.4. The van der Waals surface area contributed by atoms with Crippen molar-refractivity contribution < 1.29 is 13.2 Å². The number of benzene rings is 1. The first-order valence-electron chi connectivity index (χ1n) is 14.2. The molecule has 34 heavy (non-hydrogen) atoms. The van der Waals surface area contributed by atoms with Crippen LogP contribution in [0.5, 0.6) is 0 Å². The first-order chi connectivity index (χ1) is 16.1. The molecule has 0 nitrogen and oxygen atoms in total. The summed E-state index contributed by atoms with van der Waals surface area (Å²) in [5.74, 6) is 2.24. The molecule has 0 heterocycles. The molecule has 0 aliphatic heterocycles. The molecule has 0 bridgehead atoms. The van der Waals surface area contributed by atoms with Crippen LogP contribution in [-0.2, 0) is 6.42 Å². The number of hydrogen-bond donors (Lipinski definition) is 0. The summed E-state index contributed by atoms with van der Waals surface area (Å²) >= 11 is 0. The Labute approximate surface area is 206 Å². The summed E-state index contributed by atoms with van der Waals surface area (Å²) in [6, 6.07) is 9.04. The molecule has 0 amide bonds. The third-order valence-electron chi connectivity index (χ3n) is 11.2. The summed E-state index contributed by atoms with van der Waals surface area (Å²) in [6.07, 6.45) is 7.49. The van der Waals surface area contributed by atoms with E-state index in [-0.39, 0.29) is 11.3 Å². The summed E-state index contributed by atoms with van der Waals surface area (Å²) in [5.41, 5.74) is 3.38. The van der Waals surface area contributed by atoms with Crippen molar-refractivity contribution in [2.24, 2.45) is 46.3 Å². The maximum atomic E-state index is 13.4. The van der Waals surface area contributed by atoms with Crippen molar-refractivity contribution in [2.75, 3.05) is 0 Å². The van der Waals surface area contributed by atoms with Crippen LogP contribution in [0.25, 0.3) is 0 Å². The molecule has 1 aromatic carbocycles. The highest BCUT2D eigenvalue weighted by Crippen LogP contribution is 2.68. The second kappa shape index (κ2) is 9.81. The number of halogens is 3. The average molecular weight is 477 g/mol. The Morgan fingerprint density at radius 1 is 0.824 bits per heavy atom. The van der Waals surface area contributed by atoms with Gasteiger partial charge in [-0.3, -0.25) is 0 Å². The van der Waals surface area contributed by atoms with E-state index in [4.69, 9.17) is 0 Å². The van der Waals surface area contributed by atoms with E-state index in [1.165, 1.54) is 56.1 Å². The van der Waals surface area contributed by atoms with E-state index in [0.717, 1.165) is 30.6 Å². The van der Waals surface area contributed by atoms with E-state index in [9.17, 15) is 13.2 Å². The zero-order chi connectivity index (χ0) is 24.7. The van der Waals surface area contributed by atoms with Crippen LogP contribution in [-0.4, -0.2) is 6.18 Å². The average Bonchev–Trinajstić information content (AvgIpc) is 3.15. The minimum atomic E-state index is -4.00. The van der Waals surface area contributed by atoms with Gasteiger partial charge in [0.1, 0.15) is 0 Å². The van der Waals surface area contributed by atoms with Crippen molar-refractivity contribution in [3.63, 3.8) is 0 Å². The van der Waals surface area contributed by atoms with Crippen LogP contribution in [0.3, 0.4) is 0 Å². The van der Waals surface area contributed by atoms with Gasteiger partial charge in [0, 0.05) is 0 Å². The van der Waals surface area contributed by atoms with Crippen LogP contribution in [0, 0.1) is 53.3 Å². The van der Waals surface area contributed by atoms with Crippen molar-refractivity contribution in [3.05, 3.63) is 35.4 Å². The second-order valence-corrected chi connectivity index (χ2v) is 12.5. The van der Waals surface area contributed by atoms with Crippen molar-refractivity contribution in [1.82, 2.24) is 0 Å². The van der Waals surface area contributed by atoms with Crippen molar-refractivity contribution in [3.8, 4) is 0 Å². The molecule has 4 saturated carbocycles. The lowest BCUT2D eigenvalue weighted by Crippen LogP contribution is -2.54. The van der Waals surface area contributed by atoms with Gasteiger partial charge in [-0.05, 0) is 124 Å². The molecular weight excluding hydrogens is 429 g/mol. The fourth-order valence-electron chi connectivity index (χ4n) is 9.23. The number of fused-ring (bicyclic) bond motifs is 5. The van der Waals surface area contributed by atoms with Gasteiger partial charge >= 0.3 is 6.18 Å². The zero-order valence-electron chi connectivity index (χ0n) is 22.2. The predicted molar refractivity (Wildman–Crippen MR) is 136 cm³/mol. The number of rotatable bonds is 3. The molecule has 1 aromatic rings.